The highest BCUT2D eigenvalue weighted by Crippen LogP contribution is 2.28. The molecule has 0 N–H and O–H groups in total. The third-order valence-electron chi connectivity index (χ3n) is 4.67. The monoisotopic (exact) mass is 395 g/mol. The van der Waals surface area contributed by atoms with Gasteiger partial charge in [-0.15, -0.1) is 11.3 Å². The lowest BCUT2D eigenvalue weighted by atomic mass is 10.2. The fourth-order valence-electron chi connectivity index (χ4n) is 3.06. The Balaban J connectivity index is 1.59. The molecule has 2 aromatic rings. The van der Waals surface area contributed by atoms with Crippen LogP contribution in [0.1, 0.15) is 11.3 Å². The van der Waals surface area contributed by atoms with Gasteiger partial charge in [0.25, 0.3) is 0 Å². The van der Waals surface area contributed by atoms with Crippen molar-refractivity contribution in [2.75, 3.05) is 45.9 Å². The number of carbonyl (C=O) groups excluding carboxylic acids is 1. The smallest absolute Gasteiger partial charge is 0.246 e. The number of amides is 1. The van der Waals surface area contributed by atoms with Gasteiger partial charge in [0, 0.05) is 48.6 Å². The highest BCUT2D eigenvalue weighted by molar-refractivity contribution is 7.16. The molecule has 1 saturated heterocycles. The van der Waals surface area contributed by atoms with Crippen molar-refractivity contribution >= 4 is 23.3 Å². The van der Waals surface area contributed by atoms with Crippen LogP contribution in [0.4, 0.5) is 0 Å². The van der Waals surface area contributed by atoms with Gasteiger partial charge in [0.15, 0.2) is 0 Å². The average molecular weight is 396 g/mol. The van der Waals surface area contributed by atoms with E-state index in [0.29, 0.717) is 19.5 Å². The molecule has 1 aromatic heterocycles. The summed E-state index contributed by atoms with van der Waals surface area (Å²) in [6, 6.07) is 16.5. The van der Waals surface area contributed by atoms with Crippen molar-refractivity contribution < 1.29 is 9.53 Å². The average Bonchev–Trinajstić information content (AvgIpc) is 3.22. The molecular weight excluding hydrogens is 370 g/mol. The van der Waals surface area contributed by atoms with E-state index in [2.05, 4.69) is 29.2 Å². The van der Waals surface area contributed by atoms with E-state index in [4.69, 9.17) is 10.00 Å². The lowest BCUT2D eigenvalue weighted by molar-refractivity contribution is -0.126. The van der Waals surface area contributed by atoms with Crippen molar-refractivity contribution in [2.24, 2.45) is 0 Å². The molecule has 6 heteroatoms. The number of benzene rings is 1. The minimum absolute atomic E-state index is 0.0434. The van der Waals surface area contributed by atoms with Gasteiger partial charge >= 0.3 is 0 Å². The molecular formula is C22H25N3O2S. The topological polar surface area (TPSA) is 56.6 Å². The lowest BCUT2D eigenvalue weighted by Gasteiger charge is -2.29. The number of ether oxygens (including phenoxy) is 1. The normalized spacial score (nSPS) is 14.8. The second-order valence-electron chi connectivity index (χ2n) is 6.59. The number of carbonyl (C=O) groups is 1. The molecule has 1 amide bonds. The van der Waals surface area contributed by atoms with E-state index >= 15 is 0 Å². The van der Waals surface area contributed by atoms with Gasteiger partial charge in [-0.25, -0.2) is 0 Å². The minimum atomic E-state index is -0.0434. The number of hydrogen-bond acceptors (Lipinski definition) is 5. The van der Waals surface area contributed by atoms with Crippen molar-refractivity contribution in [1.29, 1.82) is 5.26 Å². The fourth-order valence-corrected chi connectivity index (χ4v) is 3.98. The molecule has 1 aliphatic heterocycles. The molecule has 1 aliphatic rings. The van der Waals surface area contributed by atoms with Crippen LogP contribution in [0, 0.1) is 11.3 Å². The van der Waals surface area contributed by atoms with E-state index in [1.54, 1.807) is 22.3 Å². The fraction of sp³-hybridized carbons (Fsp3) is 0.364. The molecule has 1 fully saturated rings. The molecule has 0 aliphatic carbocycles. The van der Waals surface area contributed by atoms with Gasteiger partial charge in [0.05, 0.1) is 25.7 Å². The quantitative estimate of drug-likeness (QED) is 0.642. The van der Waals surface area contributed by atoms with Gasteiger partial charge in [-0.3, -0.25) is 9.69 Å². The second-order valence-corrected chi connectivity index (χ2v) is 7.70. The molecule has 1 aromatic carbocycles. The standard InChI is InChI=1S/C22H25N3O2S/c23-11-4-12-25(14-13-24-15-17-27-18-16-24)22(26)10-8-20-7-9-21(28-20)19-5-2-1-3-6-19/h1-3,5-10H,4,12-18H2/b10-8+. The van der Waals surface area contributed by atoms with Crippen LogP contribution in [0.3, 0.4) is 0 Å². The molecule has 3 rings (SSSR count). The van der Waals surface area contributed by atoms with Gasteiger partial charge in [0.2, 0.25) is 5.91 Å². The van der Waals surface area contributed by atoms with Crippen LogP contribution < -0.4 is 0 Å². The van der Waals surface area contributed by atoms with Crippen molar-refractivity contribution in [3.05, 3.63) is 53.4 Å². The zero-order chi connectivity index (χ0) is 19.6. The Kier molecular flexibility index (Phi) is 7.80. The molecule has 2 heterocycles. The largest absolute Gasteiger partial charge is 0.379 e. The minimum Gasteiger partial charge on any atom is -0.379 e. The molecule has 0 unspecified atom stereocenters. The molecule has 0 bridgehead atoms. The molecule has 5 nitrogen and oxygen atoms in total. The molecule has 146 valence electrons. The van der Waals surface area contributed by atoms with Gasteiger partial charge in [0.1, 0.15) is 0 Å². The Morgan fingerprint density at radius 1 is 1.18 bits per heavy atom. The summed E-state index contributed by atoms with van der Waals surface area (Å²) in [7, 11) is 0. The maximum absolute atomic E-state index is 12.7. The molecule has 28 heavy (non-hydrogen) atoms. The number of nitrogens with zero attached hydrogens (tertiary/aromatic N) is 3. The van der Waals surface area contributed by atoms with E-state index in [1.165, 1.54) is 10.4 Å². The Hall–Kier alpha value is -2.46. The molecule has 0 atom stereocenters. The Labute approximate surface area is 170 Å². The summed E-state index contributed by atoms with van der Waals surface area (Å²) in [5.41, 5.74) is 1.18. The first-order valence-corrected chi connectivity index (χ1v) is 10.4. The van der Waals surface area contributed by atoms with Crippen LogP contribution in [-0.2, 0) is 9.53 Å². The number of rotatable bonds is 8. The third-order valence-corrected chi connectivity index (χ3v) is 5.77. The number of thiophene rings is 1. The first-order valence-electron chi connectivity index (χ1n) is 9.55. The Bertz CT molecular complexity index is 820. The van der Waals surface area contributed by atoms with Crippen molar-refractivity contribution in [3.63, 3.8) is 0 Å². The van der Waals surface area contributed by atoms with E-state index in [1.807, 2.05) is 30.3 Å². The van der Waals surface area contributed by atoms with Crippen LogP contribution in [0.5, 0.6) is 0 Å². The maximum Gasteiger partial charge on any atom is 0.246 e. The summed E-state index contributed by atoms with van der Waals surface area (Å²) in [6.07, 6.45) is 3.84. The maximum atomic E-state index is 12.7. The van der Waals surface area contributed by atoms with E-state index < -0.39 is 0 Å². The van der Waals surface area contributed by atoms with E-state index in [-0.39, 0.29) is 5.91 Å². The third kappa shape index (κ3) is 6.03. The SMILES string of the molecule is N#CCCN(CCN1CCOCC1)C(=O)/C=C/c1ccc(-c2ccccc2)s1. The summed E-state index contributed by atoms with van der Waals surface area (Å²) in [5.74, 6) is -0.0434. The van der Waals surface area contributed by atoms with Crippen LogP contribution in [0.25, 0.3) is 16.5 Å². The zero-order valence-corrected chi connectivity index (χ0v) is 16.7. The summed E-state index contributed by atoms with van der Waals surface area (Å²) < 4.78 is 5.37. The molecule has 0 saturated carbocycles. The van der Waals surface area contributed by atoms with Gasteiger partial charge in [-0.1, -0.05) is 30.3 Å². The van der Waals surface area contributed by atoms with Crippen molar-refractivity contribution in [3.8, 4) is 16.5 Å². The van der Waals surface area contributed by atoms with Crippen LogP contribution >= 0.6 is 11.3 Å². The number of nitriles is 1. The lowest BCUT2D eigenvalue weighted by Crippen LogP contribution is -2.43. The van der Waals surface area contributed by atoms with Crippen molar-refractivity contribution in [2.45, 2.75) is 6.42 Å². The van der Waals surface area contributed by atoms with Crippen molar-refractivity contribution in [1.82, 2.24) is 9.80 Å². The van der Waals surface area contributed by atoms with Crippen LogP contribution in [-0.4, -0.2) is 61.6 Å². The van der Waals surface area contributed by atoms with E-state index in [0.717, 1.165) is 37.7 Å². The number of morpholine rings is 1. The van der Waals surface area contributed by atoms with E-state index in [9.17, 15) is 4.79 Å². The highest BCUT2D eigenvalue weighted by atomic mass is 32.1. The summed E-state index contributed by atoms with van der Waals surface area (Å²) in [6.45, 7) is 5.18. The first-order chi connectivity index (χ1) is 13.8. The summed E-state index contributed by atoms with van der Waals surface area (Å²) >= 11 is 1.66. The van der Waals surface area contributed by atoms with Crippen LogP contribution in [0.15, 0.2) is 48.5 Å². The zero-order valence-electron chi connectivity index (χ0n) is 15.9. The molecule has 0 radical (unpaired) electrons. The predicted octanol–water partition coefficient (Wildman–Crippen LogP) is 3.50. The number of hydrogen-bond donors (Lipinski definition) is 0. The Morgan fingerprint density at radius 3 is 2.71 bits per heavy atom. The second kappa shape index (κ2) is 10.8. The first kappa shape index (κ1) is 20.3. The van der Waals surface area contributed by atoms with Gasteiger partial charge in [-0.2, -0.15) is 5.26 Å². The highest BCUT2D eigenvalue weighted by Gasteiger charge is 2.15. The van der Waals surface area contributed by atoms with Crippen LogP contribution in [0.2, 0.25) is 0 Å². The summed E-state index contributed by atoms with van der Waals surface area (Å²) in [4.78, 5) is 18.9. The summed E-state index contributed by atoms with van der Waals surface area (Å²) in [5, 5.41) is 8.90. The molecule has 0 spiro atoms. The predicted molar refractivity (Wildman–Crippen MR) is 113 cm³/mol. The Morgan fingerprint density at radius 2 is 1.96 bits per heavy atom. The van der Waals surface area contributed by atoms with Gasteiger partial charge < -0.3 is 9.64 Å². The van der Waals surface area contributed by atoms with Gasteiger partial charge in [-0.05, 0) is 23.8 Å².